The molecule has 2 N–H and O–H groups in total. The highest BCUT2D eigenvalue weighted by atomic mass is 16.4. The Labute approximate surface area is 99.1 Å². The van der Waals surface area contributed by atoms with Crippen molar-refractivity contribution in [3.8, 4) is 0 Å². The second-order valence-corrected chi connectivity index (χ2v) is 3.56. The minimum atomic E-state index is -0.924. The highest BCUT2D eigenvalue weighted by Gasteiger charge is 2.12. The van der Waals surface area contributed by atoms with Gasteiger partial charge in [0.1, 0.15) is 5.76 Å². The van der Waals surface area contributed by atoms with Gasteiger partial charge in [0, 0.05) is 12.1 Å². The van der Waals surface area contributed by atoms with Crippen molar-refractivity contribution >= 4 is 18.0 Å². The molecule has 17 heavy (non-hydrogen) atoms. The molecule has 92 valence electrons. The van der Waals surface area contributed by atoms with Crippen LogP contribution in [0.4, 0.5) is 0 Å². The number of carboxylic acids is 1. The summed E-state index contributed by atoms with van der Waals surface area (Å²) >= 11 is 0. The molecule has 0 aromatic carbocycles. The van der Waals surface area contributed by atoms with Crippen molar-refractivity contribution in [1.82, 2.24) is 5.32 Å². The van der Waals surface area contributed by atoms with Gasteiger partial charge in [-0.25, -0.2) is 0 Å². The number of furan rings is 1. The first-order valence-corrected chi connectivity index (χ1v) is 5.35. The van der Waals surface area contributed by atoms with Gasteiger partial charge in [0.2, 0.25) is 5.91 Å². The van der Waals surface area contributed by atoms with E-state index < -0.39 is 5.97 Å². The third-order valence-electron chi connectivity index (χ3n) is 2.20. The van der Waals surface area contributed by atoms with E-state index in [0.29, 0.717) is 12.2 Å². The number of nitrogens with one attached hydrogen (secondary N) is 1. The van der Waals surface area contributed by atoms with Gasteiger partial charge in [-0.1, -0.05) is 6.92 Å². The molecule has 0 saturated carbocycles. The van der Waals surface area contributed by atoms with Gasteiger partial charge < -0.3 is 14.8 Å². The summed E-state index contributed by atoms with van der Waals surface area (Å²) in [6, 6.07) is 3.09. The number of carbonyl (C=O) groups excluding carboxylic acids is 1. The Morgan fingerprint density at radius 3 is 2.88 bits per heavy atom. The Morgan fingerprint density at radius 2 is 2.35 bits per heavy atom. The SMILES string of the molecule is CCC(CC(=O)O)NC(=O)/C=C/c1ccco1. The highest BCUT2D eigenvalue weighted by molar-refractivity contribution is 5.91. The maximum absolute atomic E-state index is 11.5. The Morgan fingerprint density at radius 1 is 1.59 bits per heavy atom. The van der Waals surface area contributed by atoms with E-state index in [4.69, 9.17) is 9.52 Å². The molecule has 1 heterocycles. The van der Waals surface area contributed by atoms with Crippen molar-refractivity contribution < 1.29 is 19.1 Å². The average Bonchev–Trinajstić information content (AvgIpc) is 2.77. The molecule has 1 atom stereocenters. The fourth-order valence-electron chi connectivity index (χ4n) is 1.30. The van der Waals surface area contributed by atoms with E-state index in [1.165, 1.54) is 18.4 Å². The van der Waals surface area contributed by atoms with Crippen LogP contribution in [-0.4, -0.2) is 23.0 Å². The van der Waals surface area contributed by atoms with Crippen LogP contribution in [0.2, 0.25) is 0 Å². The van der Waals surface area contributed by atoms with Crippen LogP contribution in [-0.2, 0) is 9.59 Å². The minimum Gasteiger partial charge on any atom is -0.481 e. The summed E-state index contributed by atoms with van der Waals surface area (Å²) in [4.78, 5) is 22.0. The maximum Gasteiger partial charge on any atom is 0.305 e. The zero-order valence-corrected chi connectivity index (χ0v) is 9.55. The van der Waals surface area contributed by atoms with Crippen LogP contribution in [0.1, 0.15) is 25.5 Å². The van der Waals surface area contributed by atoms with Gasteiger partial charge >= 0.3 is 5.97 Å². The molecule has 1 rings (SSSR count). The zero-order valence-electron chi connectivity index (χ0n) is 9.55. The van der Waals surface area contributed by atoms with Crippen molar-refractivity contribution in [2.75, 3.05) is 0 Å². The summed E-state index contributed by atoms with van der Waals surface area (Å²) in [5.74, 6) is -0.673. The quantitative estimate of drug-likeness (QED) is 0.737. The largest absolute Gasteiger partial charge is 0.481 e. The van der Waals surface area contributed by atoms with Crippen molar-refractivity contribution in [2.24, 2.45) is 0 Å². The molecular formula is C12H15NO4. The first kappa shape index (κ1) is 13.0. The lowest BCUT2D eigenvalue weighted by molar-refractivity contribution is -0.137. The predicted molar refractivity (Wildman–Crippen MR) is 62.2 cm³/mol. The fourth-order valence-corrected chi connectivity index (χ4v) is 1.30. The summed E-state index contributed by atoms with van der Waals surface area (Å²) in [5, 5.41) is 11.2. The number of hydrogen-bond acceptors (Lipinski definition) is 3. The second-order valence-electron chi connectivity index (χ2n) is 3.56. The summed E-state index contributed by atoms with van der Waals surface area (Å²) in [6.45, 7) is 1.82. The number of rotatable bonds is 6. The molecule has 0 saturated heterocycles. The van der Waals surface area contributed by atoms with E-state index in [9.17, 15) is 9.59 Å². The van der Waals surface area contributed by atoms with E-state index in [1.807, 2.05) is 6.92 Å². The van der Waals surface area contributed by atoms with Crippen LogP contribution in [0, 0.1) is 0 Å². The molecule has 0 aliphatic carbocycles. The summed E-state index contributed by atoms with van der Waals surface area (Å²) in [7, 11) is 0. The second kappa shape index (κ2) is 6.52. The number of carboxylic acid groups (broad SMARTS) is 1. The van der Waals surface area contributed by atoms with Gasteiger partial charge in [0.25, 0.3) is 0 Å². The Bertz CT molecular complexity index is 395. The van der Waals surface area contributed by atoms with E-state index in [-0.39, 0.29) is 18.4 Å². The van der Waals surface area contributed by atoms with E-state index in [2.05, 4.69) is 5.32 Å². The summed E-state index contributed by atoms with van der Waals surface area (Å²) in [6.07, 6.45) is 4.87. The van der Waals surface area contributed by atoms with Gasteiger partial charge in [0.15, 0.2) is 0 Å². The standard InChI is InChI=1S/C12H15NO4/c1-2-9(8-12(15)16)13-11(14)6-5-10-4-3-7-17-10/h3-7,9H,2,8H2,1H3,(H,13,14)(H,15,16)/b6-5+. The van der Waals surface area contributed by atoms with Crippen LogP contribution >= 0.6 is 0 Å². The molecular weight excluding hydrogens is 222 g/mol. The van der Waals surface area contributed by atoms with Crippen LogP contribution in [0.15, 0.2) is 28.9 Å². The lowest BCUT2D eigenvalue weighted by Gasteiger charge is -2.12. The number of aliphatic carboxylic acids is 1. The molecule has 5 nitrogen and oxygen atoms in total. The van der Waals surface area contributed by atoms with Crippen molar-refractivity contribution in [1.29, 1.82) is 0 Å². The van der Waals surface area contributed by atoms with Gasteiger partial charge in [-0.05, 0) is 24.6 Å². The van der Waals surface area contributed by atoms with Gasteiger partial charge in [-0.15, -0.1) is 0 Å². The molecule has 0 radical (unpaired) electrons. The molecule has 1 amide bonds. The molecule has 0 bridgehead atoms. The molecule has 1 unspecified atom stereocenters. The van der Waals surface area contributed by atoms with Crippen molar-refractivity contribution in [3.63, 3.8) is 0 Å². The lowest BCUT2D eigenvalue weighted by Crippen LogP contribution is -2.34. The van der Waals surface area contributed by atoms with E-state index in [0.717, 1.165) is 0 Å². The lowest BCUT2D eigenvalue weighted by atomic mass is 10.1. The third-order valence-corrected chi connectivity index (χ3v) is 2.20. The summed E-state index contributed by atoms with van der Waals surface area (Å²) in [5.41, 5.74) is 0. The predicted octanol–water partition coefficient (Wildman–Crippen LogP) is 1.66. The third kappa shape index (κ3) is 5.01. The highest BCUT2D eigenvalue weighted by Crippen LogP contribution is 2.02. The molecule has 1 aromatic rings. The molecule has 1 aromatic heterocycles. The zero-order chi connectivity index (χ0) is 12.7. The van der Waals surface area contributed by atoms with E-state index >= 15 is 0 Å². The molecule has 0 spiro atoms. The number of amides is 1. The topological polar surface area (TPSA) is 79.5 Å². The molecule has 5 heteroatoms. The minimum absolute atomic E-state index is 0.0726. The van der Waals surface area contributed by atoms with Gasteiger partial charge in [-0.2, -0.15) is 0 Å². The maximum atomic E-state index is 11.5. The monoisotopic (exact) mass is 237 g/mol. The Kier molecular flexibility index (Phi) is 5.00. The van der Waals surface area contributed by atoms with Crippen LogP contribution in [0.5, 0.6) is 0 Å². The Balaban J connectivity index is 2.45. The molecule has 0 aliphatic heterocycles. The smallest absolute Gasteiger partial charge is 0.305 e. The van der Waals surface area contributed by atoms with Gasteiger partial charge in [0.05, 0.1) is 12.7 Å². The Hall–Kier alpha value is -2.04. The number of hydrogen-bond donors (Lipinski definition) is 2. The first-order chi connectivity index (χ1) is 8.11. The molecule has 0 fully saturated rings. The van der Waals surface area contributed by atoms with Crippen molar-refractivity contribution in [2.45, 2.75) is 25.8 Å². The van der Waals surface area contributed by atoms with Crippen LogP contribution < -0.4 is 5.32 Å². The van der Waals surface area contributed by atoms with Gasteiger partial charge in [-0.3, -0.25) is 9.59 Å². The fraction of sp³-hybridized carbons (Fsp3) is 0.333. The van der Waals surface area contributed by atoms with Crippen molar-refractivity contribution in [3.05, 3.63) is 30.2 Å². The normalized spacial score (nSPS) is 12.5. The molecule has 0 aliphatic rings. The van der Waals surface area contributed by atoms with Crippen LogP contribution in [0.3, 0.4) is 0 Å². The van der Waals surface area contributed by atoms with Crippen LogP contribution in [0.25, 0.3) is 6.08 Å². The summed E-state index contributed by atoms with van der Waals surface area (Å²) < 4.78 is 5.02. The average molecular weight is 237 g/mol. The van der Waals surface area contributed by atoms with E-state index in [1.54, 1.807) is 12.1 Å². The number of carbonyl (C=O) groups is 2. The first-order valence-electron chi connectivity index (χ1n) is 5.35.